The second-order valence-electron chi connectivity index (χ2n) is 5.13. The summed E-state index contributed by atoms with van der Waals surface area (Å²) in [6.07, 6.45) is 3.61. The van der Waals surface area contributed by atoms with E-state index in [2.05, 4.69) is 18.7 Å². The van der Waals surface area contributed by atoms with Crippen molar-refractivity contribution in [1.82, 2.24) is 4.90 Å². The molecule has 3 nitrogen and oxygen atoms in total. The fourth-order valence-corrected chi connectivity index (χ4v) is 2.76. The zero-order chi connectivity index (χ0) is 11.6. The van der Waals surface area contributed by atoms with Gasteiger partial charge >= 0.3 is 5.97 Å². The summed E-state index contributed by atoms with van der Waals surface area (Å²) in [5.41, 5.74) is -0.738. The summed E-state index contributed by atoms with van der Waals surface area (Å²) in [5.74, 6) is -0.0907. The van der Waals surface area contributed by atoms with Crippen LogP contribution >= 0.6 is 0 Å². The Morgan fingerprint density at radius 1 is 1.47 bits per heavy atom. The molecule has 0 amide bonds. The van der Waals surface area contributed by atoms with Crippen molar-refractivity contribution in [3.05, 3.63) is 0 Å². The van der Waals surface area contributed by atoms with Crippen LogP contribution in [-0.4, -0.2) is 34.1 Å². The number of carbonyl (C=O) groups is 1. The van der Waals surface area contributed by atoms with Gasteiger partial charge in [-0.2, -0.15) is 0 Å². The average molecular weight is 213 g/mol. The predicted molar refractivity (Wildman–Crippen MR) is 60.9 cm³/mol. The van der Waals surface area contributed by atoms with Crippen molar-refractivity contribution in [2.24, 2.45) is 5.92 Å². The van der Waals surface area contributed by atoms with Crippen LogP contribution in [0.3, 0.4) is 0 Å². The minimum atomic E-state index is -0.738. The van der Waals surface area contributed by atoms with Gasteiger partial charge in [0.2, 0.25) is 0 Å². The first-order valence-corrected chi connectivity index (χ1v) is 5.91. The van der Waals surface area contributed by atoms with Gasteiger partial charge in [0, 0.05) is 6.04 Å². The molecule has 1 N–H and O–H groups in total. The number of carboxylic acid groups (broad SMARTS) is 1. The molecule has 15 heavy (non-hydrogen) atoms. The first-order chi connectivity index (χ1) is 6.91. The summed E-state index contributed by atoms with van der Waals surface area (Å²) in [7, 11) is 0. The summed E-state index contributed by atoms with van der Waals surface area (Å²) >= 11 is 0. The van der Waals surface area contributed by atoms with Crippen LogP contribution in [0, 0.1) is 5.92 Å². The van der Waals surface area contributed by atoms with E-state index < -0.39 is 11.5 Å². The second kappa shape index (κ2) is 4.52. The molecule has 1 aliphatic carbocycles. The van der Waals surface area contributed by atoms with Crippen LogP contribution in [0.15, 0.2) is 0 Å². The van der Waals surface area contributed by atoms with E-state index in [1.165, 1.54) is 12.8 Å². The van der Waals surface area contributed by atoms with Crippen LogP contribution in [0.2, 0.25) is 0 Å². The maximum atomic E-state index is 11.2. The molecular weight excluding hydrogens is 190 g/mol. The quantitative estimate of drug-likeness (QED) is 0.779. The van der Waals surface area contributed by atoms with Crippen molar-refractivity contribution >= 4 is 5.97 Å². The maximum absolute atomic E-state index is 11.2. The van der Waals surface area contributed by atoms with Gasteiger partial charge in [-0.1, -0.05) is 20.3 Å². The lowest BCUT2D eigenvalue weighted by atomic mass is 9.95. The molecule has 3 heteroatoms. The third-order valence-corrected chi connectivity index (χ3v) is 3.80. The van der Waals surface area contributed by atoms with Crippen LogP contribution in [0.4, 0.5) is 0 Å². The van der Waals surface area contributed by atoms with Gasteiger partial charge in [0.15, 0.2) is 0 Å². The van der Waals surface area contributed by atoms with Crippen molar-refractivity contribution in [1.29, 1.82) is 0 Å². The number of carboxylic acids is 1. The smallest absolute Gasteiger partial charge is 0.323 e. The first kappa shape index (κ1) is 12.5. The van der Waals surface area contributed by atoms with Gasteiger partial charge < -0.3 is 5.11 Å². The van der Waals surface area contributed by atoms with Crippen LogP contribution in [-0.2, 0) is 4.79 Å². The molecule has 1 aliphatic rings. The van der Waals surface area contributed by atoms with Crippen molar-refractivity contribution in [2.45, 2.75) is 58.5 Å². The van der Waals surface area contributed by atoms with Crippen molar-refractivity contribution in [3.8, 4) is 0 Å². The minimum absolute atomic E-state index is 0.445. The molecule has 1 fully saturated rings. The van der Waals surface area contributed by atoms with Crippen LogP contribution in [0.25, 0.3) is 0 Å². The molecule has 0 radical (unpaired) electrons. The molecule has 0 aromatic heterocycles. The molecule has 0 heterocycles. The lowest BCUT2D eigenvalue weighted by molar-refractivity contribution is -0.151. The number of aliphatic carboxylic acids is 1. The molecule has 0 aliphatic heterocycles. The number of rotatable bonds is 4. The Labute approximate surface area is 92.5 Å². The SMILES string of the molecule is CCN(C1CCCC1C)C(C)(C)C(=O)O. The first-order valence-electron chi connectivity index (χ1n) is 5.91. The Hall–Kier alpha value is -0.570. The highest BCUT2D eigenvalue weighted by Crippen LogP contribution is 2.33. The van der Waals surface area contributed by atoms with Crippen LogP contribution in [0.5, 0.6) is 0 Å². The predicted octanol–water partition coefficient (Wildman–Crippen LogP) is 2.36. The molecule has 0 saturated heterocycles. The molecule has 0 aromatic carbocycles. The minimum Gasteiger partial charge on any atom is -0.480 e. The Morgan fingerprint density at radius 2 is 2.07 bits per heavy atom. The topological polar surface area (TPSA) is 40.5 Å². The number of hydrogen-bond acceptors (Lipinski definition) is 2. The second-order valence-corrected chi connectivity index (χ2v) is 5.13. The lowest BCUT2D eigenvalue weighted by Gasteiger charge is -2.40. The van der Waals surface area contributed by atoms with Gasteiger partial charge in [-0.05, 0) is 39.2 Å². The summed E-state index contributed by atoms with van der Waals surface area (Å²) in [4.78, 5) is 13.4. The Kier molecular flexibility index (Phi) is 3.77. The Bertz CT molecular complexity index is 238. The molecule has 1 rings (SSSR count). The van der Waals surface area contributed by atoms with Crippen molar-refractivity contribution in [3.63, 3.8) is 0 Å². The monoisotopic (exact) mass is 213 g/mol. The van der Waals surface area contributed by atoms with E-state index in [0.717, 1.165) is 13.0 Å². The summed E-state index contributed by atoms with van der Waals surface area (Å²) < 4.78 is 0. The Morgan fingerprint density at radius 3 is 2.40 bits per heavy atom. The maximum Gasteiger partial charge on any atom is 0.323 e. The number of nitrogens with zero attached hydrogens (tertiary/aromatic N) is 1. The van der Waals surface area contributed by atoms with E-state index in [9.17, 15) is 9.90 Å². The van der Waals surface area contributed by atoms with E-state index in [0.29, 0.717) is 12.0 Å². The molecule has 0 spiro atoms. The van der Waals surface area contributed by atoms with Gasteiger partial charge in [0.1, 0.15) is 5.54 Å². The third kappa shape index (κ3) is 2.33. The molecular formula is C12H23NO2. The molecule has 2 unspecified atom stereocenters. The van der Waals surface area contributed by atoms with E-state index >= 15 is 0 Å². The standard InChI is InChI=1S/C12H23NO2/c1-5-13(12(3,4)11(14)15)10-8-6-7-9(10)2/h9-10H,5-8H2,1-4H3,(H,14,15). The zero-order valence-electron chi connectivity index (χ0n) is 10.3. The van der Waals surface area contributed by atoms with Crippen molar-refractivity contribution in [2.75, 3.05) is 6.54 Å². The van der Waals surface area contributed by atoms with E-state index in [4.69, 9.17) is 0 Å². The van der Waals surface area contributed by atoms with Crippen LogP contribution in [0.1, 0.15) is 47.0 Å². The normalized spacial score (nSPS) is 27.3. The molecule has 88 valence electrons. The van der Waals surface area contributed by atoms with Gasteiger partial charge in [-0.25, -0.2) is 0 Å². The molecule has 0 bridgehead atoms. The lowest BCUT2D eigenvalue weighted by Crippen LogP contribution is -2.55. The fourth-order valence-electron chi connectivity index (χ4n) is 2.76. The molecule has 2 atom stereocenters. The Balaban J connectivity index is 2.83. The summed E-state index contributed by atoms with van der Waals surface area (Å²) in [6, 6.07) is 0.445. The largest absolute Gasteiger partial charge is 0.480 e. The third-order valence-electron chi connectivity index (χ3n) is 3.80. The fraction of sp³-hybridized carbons (Fsp3) is 0.917. The van der Waals surface area contributed by atoms with Crippen LogP contribution < -0.4 is 0 Å². The van der Waals surface area contributed by atoms with E-state index in [-0.39, 0.29) is 0 Å². The van der Waals surface area contributed by atoms with E-state index in [1.54, 1.807) is 0 Å². The number of likely N-dealkylation sites (N-methyl/N-ethyl adjacent to an activating group) is 1. The van der Waals surface area contributed by atoms with Gasteiger partial charge in [0.05, 0.1) is 0 Å². The zero-order valence-corrected chi connectivity index (χ0v) is 10.3. The molecule has 1 saturated carbocycles. The highest BCUT2D eigenvalue weighted by atomic mass is 16.4. The highest BCUT2D eigenvalue weighted by Gasteiger charge is 2.40. The summed E-state index contributed by atoms with van der Waals surface area (Å²) in [5, 5.41) is 9.25. The highest BCUT2D eigenvalue weighted by molar-refractivity contribution is 5.77. The van der Waals surface area contributed by atoms with E-state index in [1.807, 2.05) is 13.8 Å². The van der Waals surface area contributed by atoms with Gasteiger partial charge in [-0.15, -0.1) is 0 Å². The van der Waals surface area contributed by atoms with Gasteiger partial charge in [0.25, 0.3) is 0 Å². The summed E-state index contributed by atoms with van der Waals surface area (Å²) in [6.45, 7) is 8.72. The van der Waals surface area contributed by atoms with Gasteiger partial charge in [-0.3, -0.25) is 9.69 Å². The average Bonchev–Trinajstić information content (AvgIpc) is 2.53. The number of hydrogen-bond donors (Lipinski definition) is 1. The van der Waals surface area contributed by atoms with Crippen molar-refractivity contribution < 1.29 is 9.90 Å². The molecule has 0 aromatic rings.